The Hall–Kier alpha value is -2.46. The first-order valence-corrected chi connectivity index (χ1v) is 10.8. The number of alkyl halides is 1. The quantitative estimate of drug-likeness (QED) is 0.436. The lowest BCUT2D eigenvalue weighted by molar-refractivity contribution is -0.114. The molecular weight excluding hydrogens is 426 g/mol. The maximum Gasteiger partial charge on any atom is 0.299 e. The lowest BCUT2D eigenvalue weighted by Crippen LogP contribution is -2.32. The van der Waals surface area contributed by atoms with Crippen LogP contribution in [0.5, 0.6) is 0 Å². The van der Waals surface area contributed by atoms with Gasteiger partial charge in [-0.25, -0.2) is 0 Å². The van der Waals surface area contributed by atoms with Gasteiger partial charge in [0.1, 0.15) is 0 Å². The minimum absolute atomic E-state index is 0.0716. The van der Waals surface area contributed by atoms with Gasteiger partial charge in [-0.3, -0.25) is 14.5 Å². The second-order valence-corrected chi connectivity index (χ2v) is 9.82. The summed E-state index contributed by atoms with van der Waals surface area (Å²) in [6.07, 6.45) is 7.11. The van der Waals surface area contributed by atoms with Crippen LogP contribution in [0.1, 0.15) is 43.1 Å². The van der Waals surface area contributed by atoms with Gasteiger partial charge in [-0.2, -0.15) is 0 Å². The highest BCUT2D eigenvalue weighted by Gasteiger charge is 2.37. The molecule has 0 spiro atoms. The van der Waals surface area contributed by atoms with Gasteiger partial charge in [0.15, 0.2) is 0 Å². The maximum atomic E-state index is 12.8. The monoisotopic (exact) mass is 449 g/mol. The largest absolute Gasteiger partial charge is 0.300 e. The van der Waals surface area contributed by atoms with Crippen molar-refractivity contribution in [1.29, 1.82) is 0 Å². The number of hydrogen-bond acceptors (Lipinski definition) is 2. The summed E-state index contributed by atoms with van der Waals surface area (Å²) in [4.78, 5) is 27.4. The fraction of sp³-hybridized carbons (Fsp3) is 0.280. The molecule has 1 aliphatic heterocycles. The second kappa shape index (κ2) is 7.42. The first-order chi connectivity index (χ1) is 13.8. The molecule has 0 aromatic heterocycles. The summed E-state index contributed by atoms with van der Waals surface area (Å²) in [6.45, 7) is 6.96. The Morgan fingerprint density at radius 3 is 2.34 bits per heavy atom. The molecule has 3 nitrogen and oxygen atoms in total. The van der Waals surface area contributed by atoms with E-state index in [1.54, 1.807) is 11.0 Å². The average molecular weight is 450 g/mol. The third-order valence-electron chi connectivity index (χ3n) is 5.52. The highest BCUT2D eigenvalue weighted by atomic mass is 79.9. The molecule has 0 fully saturated rings. The van der Waals surface area contributed by atoms with E-state index in [9.17, 15) is 9.59 Å². The number of fused-ring (bicyclic) bond motifs is 1. The van der Waals surface area contributed by atoms with E-state index in [-0.39, 0.29) is 5.41 Å². The number of rotatable bonds is 3. The molecule has 2 aromatic rings. The van der Waals surface area contributed by atoms with E-state index in [0.717, 1.165) is 28.8 Å². The van der Waals surface area contributed by atoms with Crippen molar-refractivity contribution >= 4 is 33.3 Å². The van der Waals surface area contributed by atoms with Gasteiger partial charge in [-0.15, -0.1) is 0 Å². The van der Waals surface area contributed by atoms with E-state index in [1.165, 1.54) is 5.56 Å². The van der Waals surface area contributed by atoms with Crippen molar-refractivity contribution in [1.82, 2.24) is 0 Å². The van der Waals surface area contributed by atoms with Crippen molar-refractivity contribution < 1.29 is 9.59 Å². The maximum absolute atomic E-state index is 12.8. The van der Waals surface area contributed by atoms with Crippen molar-refractivity contribution in [2.24, 2.45) is 0 Å². The molecular formula is C25H24BrNO2. The zero-order valence-electron chi connectivity index (χ0n) is 16.9. The first kappa shape index (κ1) is 19.8. The van der Waals surface area contributed by atoms with Crippen molar-refractivity contribution in [2.75, 3.05) is 11.4 Å². The highest BCUT2D eigenvalue weighted by molar-refractivity contribution is 9.09. The molecule has 29 heavy (non-hydrogen) atoms. The topological polar surface area (TPSA) is 37.4 Å². The number of carbonyl (C=O) groups excluding carboxylic acids is 2. The van der Waals surface area contributed by atoms with Crippen LogP contribution in [0.25, 0.3) is 11.1 Å². The van der Waals surface area contributed by atoms with Gasteiger partial charge < -0.3 is 0 Å². The number of nitrogens with zero attached hydrogens (tertiary/aromatic N) is 1. The Balaban J connectivity index is 1.75. The smallest absolute Gasteiger partial charge is 0.299 e. The van der Waals surface area contributed by atoms with Gasteiger partial charge in [0.05, 0.1) is 17.8 Å². The number of Topliss-reactive ketones (excluding diaryl/α,β-unsaturated/α-hetero) is 1. The van der Waals surface area contributed by atoms with Crippen molar-refractivity contribution in [3.05, 3.63) is 77.4 Å². The number of halogens is 1. The summed E-state index contributed by atoms with van der Waals surface area (Å²) in [6, 6.07) is 14.0. The molecule has 1 amide bonds. The van der Waals surface area contributed by atoms with Gasteiger partial charge in [0.25, 0.3) is 11.7 Å². The van der Waals surface area contributed by atoms with Crippen LogP contribution in [0.4, 0.5) is 5.69 Å². The zero-order valence-corrected chi connectivity index (χ0v) is 18.5. The zero-order chi connectivity index (χ0) is 20.8. The first-order valence-electron chi connectivity index (χ1n) is 9.87. The highest BCUT2D eigenvalue weighted by Crippen LogP contribution is 2.40. The molecule has 1 unspecified atom stereocenters. The third kappa shape index (κ3) is 3.74. The number of allylic oxidation sites excluding steroid dienone is 2. The molecule has 2 aliphatic rings. The molecule has 4 rings (SSSR count). The molecule has 1 aliphatic carbocycles. The second-order valence-electron chi connectivity index (χ2n) is 8.64. The molecule has 0 radical (unpaired) electrons. The van der Waals surface area contributed by atoms with E-state index in [0.29, 0.717) is 16.9 Å². The third-order valence-corrected chi connectivity index (χ3v) is 6.20. The van der Waals surface area contributed by atoms with Crippen LogP contribution in [0.2, 0.25) is 0 Å². The Bertz CT molecular complexity index is 1040. The number of ketones is 1. The van der Waals surface area contributed by atoms with Crippen LogP contribution in [-0.4, -0.2) is 23.1 Å². The Morgan fingerprint density at radius 2 is 1.72 bits per heavy atom. The Kier molecular flexibility index (Phi) is 5.07. The molecule has 0 bridgehead atoms. The number of anilines is 1. The Labute approximate surface area is 180 Å². The molecule has 1 atom stereocenters. The van der Waals surface area contributed by atoms with Crippen LogP contribution in [0, 0.1) is 0 Å². The minimum Gasteiger partial charge on any atom is -0.300 e. The summed E-state index contributed by atoms with van der Waals surface area (Å²) in [7, 11) is 0. The van der Waals surface area contributed by atoms with Crippen LogP contribution in [0.15, 0.2) is 66.3 Å². The molecule has 4 heteroatoms. The van der Waals surface area contributed by atoms with Crippen LogP contribution in [-0.2, 0) is 10.2 Å². The van der Waals surface area contributed by atoms with Gasteiger partial charge in [0.2, 0.25) is 0 Å². The van der Waals surface area contributed by atoms with E-state index in [2.05, 4.69) is 73.1 Å². The standard InChI is InChI=1S/C25H24BrNO2/c1-25(2,3)18-11-9-17(10-12-18)20-5-4-6-21-22(20)27(24(29)23(21)28)15-16-7-13-19(26)14-8-16/h4-13,19H,14-15H2,1-3H3. The van der Waals surface area contributed by atoms with E-state index >= 15 is 0 Å². The van der Waals surface area contributed by atoms with Crippen molar-refractivity contribution in [3.8, 4) is 11.1 Å². The fourth-order valence-corrected chi connectivity index (χ4v) is 4.17. The normalized spacial score (nSPS) is 18.8. The van der Waals surface area contributed by atoms with Gasteiger partial charge in [-0.1, -0.05) is 91.3 Å². The molecule has 148 valence electrons. The predicted molar refractivity (Wildman–Crippen MR) is 122 cm³/mol. The van der Waals surface area contributed by atoms with Gasteiger partial charge in [-0.05, 0) is 34.6 Å². The summed E-state index contributed by atoms with van der Waals surface area (Å²) >= 11 is 3.57. The van der Waals surface area contributed by atoms with Gasteiger partial charge >= 0.3 is 0 Å². The number of para-hydroxylation sites is 1. The average Bonchev–Trinajstić information content (AvgIpc) is 2.94. The van der Waals surface area contributed by atoms with Crippen LogP contribution >= 0.6 is 15.9 Å². The van der Waals surface area contributed by atoms with E-state index in [1.807, 2.05) is 18.2 Å². The molecule has 0 N–H and O–H groups in total. The SMILES string of the molecule is CC(C)(C)c1ccc(-c2cccc3c2N(CC2=CCC(Br)C=C2)C(=O)C3=O)cc1. The van der Waals surface area contributed by atoms with E-state index in [4.69, 9.17) is 0 Å². The number of carbonyl (C=O) groups is 2. The lowest BCUT2D eigenvalue weighted by Gasteiger charge is -2.23. The Morgan fingerprint density at radius 1 is 1.03 bits per heavy atom. The van der Waals surface area contributed by atoms with Crippen LogP contribution in [0.3, 0.4) is 0 Å². The summed E-state index contributed by atoms with van der Waals surface area (Å²) in [5.41, 5.74) is 5.51. The predicted octanol–water partition coefficient (Wildman–Crippen LogP) is 5.83. The van der Waals surface area contributed by atoms with Crippen molar-refractivity contribution in [3.63, 3.8) is 0 Å². The number of benzene rings is 2. The molecule has 0 saturated heterocycles. The summed E-state index contributed by atoms with van der Waals surface area (Å²) in [5, 5.41) is 0. The summed E-state index contributed by atoms with van der Waals surface area (Å²) < 4.78 is 0. The molecule has 1 heterocycles. The van der Waals surface area contributed by atoms with Crippen LogP contribution < -0.4 is 4.90 Å². The fourth-order valence-electron chi connectivity index (χ4n) is 3.83. The summed E-state index contributed by atoms with van der Waals surface area (Å²) in [5.74, 6) is -0.874. The lowest BCUT2D eigenvalue weighted by atomic mass is 9.86. The van der Waals surface area contributed by atoms with E-state index < -0.39 is 11.7 Å². The van der Waals surface area contributed by atoms with Crippen molar-refractivity contribution in [2.45, 2.75) is 37.4 Å². The molecule has 0 saturated carbocycles. The number of amides is 1. The van der Waals surface area contributed by atoms with Gasteiger partial charge in [0, 0.05) is 10.4 Å². The number of hydrogen-bond donors (Lipinski definition) is 0. The minimum atomic E-state index is -0.450. The molecule has 2 aromatic carbocycles.